The molecule has 0 bridgehead atoms. The predicted molar refractivity (Wildman–Crippen MR) is 96.7 cm³/mol. The SMILES string of the molecule is Cc1cccc(C2Nc3ccc(I)cc3C3C=CCC32)c1. The van der Waals surface area contributed by atoms with E-state index in [1.807, 2.05) is 0 Å². The zero-order valence-electron chi connectivity index (χ0n) is 12.0. The molecule has 2 aromatic carbocycles. The van der Waals surface area contributed by atoms with Crippen molar-refractivity contribution >= 4 is 28.3 Å². The summed E-state index contributed by atoms with van der Waals surface area (Å²) in [4.78, 5) is 0. The fourth-order valence-corrected chi connectivity index (χ4v) is 4.27. The maximum absolute atomic E-state index is 3.80. The van der Waals surface area contributed by atoms with Crippen LogP contribution in [0.25, 0.3) is 0 Å². The average Bonchev–Trinajstić information content (AvgIpc) is 2.96. The molecule has 2 aromatic rings. The number of anilines is 1. The first-order chi connectivity index (χ1) is 10.2. The molecule has 2 heteroatoms. The summed E-state index contributed by atoms with van der Waals surface area (Å²) in [6.07, 6.45) is 5.93. The highest BCUT2D eigenvalue weighted by atomic mass is 127. The fourth-order valence-electron chi connectivity index (χ4n) is 3.76. The summed E-state index contributed by atoms with van der Waals surface area (Å²) in [5.41, 5.74) is 5.52. The highest BCUT2D eigenvalue weighted by molar-refractivity contribution is 14.1. The smallest absolute Gasteiger partial charge is 0.0554 e. The number of nitrogens with one attached hydrogen (secondary N) is 1. The van der Waals surface area contributed by atoms with Gasteiger partial charge in [-0.05, 0) is 71.2 Å². The molecule has 21 heavy (non-hydrogen) atoms. The lowest BCUT2D eigenvalue weighted by molar-refractivity contribution is 0.425. The first-order valence-electron chi connectivity index (χ1n) is 7.51. The largest absolute Gasteiger partial charge is 0.378 e. The third-order valence-corrected chi connectivity index (χ3v) is 5.40. The van der Waals surface area contributed by atoms with Crippen LogP contribution in [0.2, 0.25) is 0 Å². The van der Waals surface area contributed by atoms with E-state index in [-0.39, 0.29) is 0 Å². The van der Waals surface area contributed by atoms with E-state index in [1.54, 1.807) is 0 Å². The van der Waals surface area contributed by atoms with Crippen LogP contribution in [0.4, 0.5) is 5.69 Å². The molecule has 1 nitrogen and oxygen atoms in total. The van der Waals surface area contributed by atoms with Gasteiger partial charge < -0.3 is 5.32 Å². The molecule has 2 aliphatic rings. The summed E-state index contributed by atoms with van der Waals surface area (Å²) in [5, 5.41) is 3.80. The number of benzene rings is 2. The van der Waals surface area contributed by atoms with Crippen LogP contribution in [0.5, 0.6) is 0 Å². The van der Waals surface area contributed by atoms with Crippen LogP contribution in [0, 0.1) is 16.4 Å². The Hall–Kier alpha value is -1.29. The summed E-state index contributed by atoms with van der Waals surface area (Å²) in [7, 11) is 0. The number of aryl methyl sites for hydroxylation is 1. The van der Waals surface area contributed by atoms with Crippen molar-refractivity contribution in [3.63, 3.8) is 0 Å². The van der Waals surface area contributed by atoms with Crippen molar-refractivity contribution in [3.05, 3.63) is 74.9 Å². The van der Waals surface area contributed by atoms with Crippen LogP contribution in [0.15, 0.2) is 54.6 Å². The Morgan fingerprint density at radius 1 is 1.14 bits per heavy atom. The maximum Gasteiger partial charge on any atom is 0.0554 e. The van der Waals surface area contributed by atoms with Gasteiger partial charge in [0.15, 0.2) is 0 Å². The molecule has 0 fully saturated rings. The Labute approximate surface area is 139 Å². The van der Waals surface area contributed by atoms with Crippen LogP contribution in [0.1, 0.15) is 35.1 Å². The summed E-state index contributed by atoms with van der Waals surface area (Å²) in [6, 6.07) is 16.1. The number of hydrogen-bond acceptors (Lipinski definition) is 1. The Kier molecular flexibility index (Phi) is 3.29. The van der Waals surface area contributed by atoms with Crippen molar-refractivity contribution in [2.45, 2.75) is 25.3 Å². The number of rotatable bonds is 1. The molecule has 1 aliphatic carbocycles. The van der Waals surface area contributed by atoms with Gasteiger partial charge in [-0.3, -0.25) is 0 Å². The highest BCUT2D eigenvalue weighted by Gasteiger charge is 2.37. The fraction of sp³-hybridized carbons (Fsp3) is 0.263. The second-order valence-electron chi connectivity index (χ2n) is 6.12. The molecule has 1 heterocycles. The minimum atomic E-state index is 0.414. The Bertz CT molecular complexity index is 719. The van der Waals surface area contributed by atoms with E-state index in [0.717, 1.165) is 0 Å². The minimum Gasteiger partial charge on any atom is -0.378 e. The molecule has 0 saturated carbocycles. The highest BCUT2D eigenvalue weighted by Crippen LogP contribution is 2.49. The number of allylic oxidation sites excluding steroid dienone is 2. The molecule has 1 aliphatic heterocycles. The first-order valence-corrected chi connectivity index (χ1v) is 8.59. The Balaban J connectivity index is 1.80. The van der Waals surface area contributed by atoms with E-state index in [1.165, 1.54) is 32.4 Å². The van der Waals surface area contributed by atoms with Gasteiger partial charge in [-0.15, -0.1) is 0 Å². The summed E-state index contributed by atoms with van der Waals surface area (Å²) in [5.74, 6) is 1.19. The Morgan fingerprint density at radius 2 is 2.05 bits per heavy atom. The van der Waals surface area contributed by atoms with Crippen molar-refractivity contribution in [3.8, 4) is 0 Å². The summed E-state index contributed by atoms with van der Waals surface area (Å²) < 4.78 is 1.32. The van der Waals surface area contributed by atoms with Crippen LogP contribution in [-0.4, -0.2) is 0 Å². The van der Waals surface area contributed by atoms with Crippen LogP contribution < -0.4 is 5.32 Å². The molecule has 106 valence electrons. The minimum absolute atomic E-state index is 0.414. The van der Waals surface area contributed by atoms with Crippen molar-refractivity contribution in [1.29, 1.82) is 0 Å². The lowest BCUT2D eigenvalue weighted by Crippen LogP contribution is -2.29. The lowest BCUT2D eigenvalue weighted by atomic mass is 9.77. The van der Waals surface area contributed by atoms with Crippen molar-refractivity contribution in [2.24, 2.45) is 5.92 Å². The number of halogens is 1. The number of fused-ring (bicyclic) bond motifs is 3. The lowest BCUT2D eigenvalue weighted by Gasteiger charge is -2.37. The predicted octanol–water partition coefficient (Wildman–Crippen LogP) is 5.43. The van der Waals surface area contributed by atoms with Crippen molar-refractivity contribution in [2.75, 3.05) is 5.32 Å². The van der Waals surface area contributed by atoms with Gasteiger partial charge in [0, 0.05) is 15.2 Å². The zero-order valence-corrected chi connectivity index (χ0v) is 14.2. The van der Waals surface area contributed by atoms with Gasteiger partial charge in [-0.2, -0.15) is 0 Å². The van der Waals surface area contributed by atoms with Crippen molar-refractivity contribution < 1.29 is 0 Å². The molecular formula is C19H18IN. The molecule has 0 saturated heterocycles. The van der Waals surface area contributed by atoms with Gasteiger partial charge in [0.05, 0.1) is 6.04 Å². The molecule has 4 rings (SSSR count). The van der Waals surface area contributed by atoms with Gasteiger partial charge >= 0.3 is 0 Å². The van der Waals surface area contributed by atoms with Gasteiger partial charge in [-0.1, -0.05) is 42.0 Å². The average molecular weight is 387 g/mol. The van der Waals surface area contributed by atoms with Gasteiger partial charge in [0.2, 0.25) is 0 Å². The van der Waals surface area contributed by atoms with E-state index in [2.05, 4.69) is 89.4 Å². The topological polar surface area (TPSA) is 12.0 Å². The summed E-state index contributed by atoms with van der Waals surface area (Å²) >= 11 is 2.41. The summed E-state index contributed by atoms with van der Waals surface area (Å²) in [6.45, 7) is 2.17. The third kappa shape index (κ3) is 2.30. The van der Waals surface area contributed by atoms with E-state index in [9.17, 15) is 0 Å². The molecule has 3 unspecified atom stereocenters. The van der Waals surface area contributed by atoms with Gasteiger partial charge in [0.25, 0.3) is 0 Å². The van der Waals surface area contributed by atoms with Crippen LogP contribution >= 0.6 is 22.6 Å². The molecular weight excluding hydrogens is 369 g/mol. The molecule has 1 N–H and O–H groups in total. The van der Waals surface area contributed by atoms with E-state index in [4.69, 9.17) is 0 Å². The Morgan fingerprint density at radius 3 is 2.90 bits per heavy atom. The second-order valence-corrected chi connectivity index (χ2v) is 7.37. The van der Waals surface area contributed by atoms with E-state index >= 15 is 0 Å². The first kappa shape index (κ1) is 13.4. The van der Waals surface area contributed by atoms with Gasteiger partial charge in [0.1, 0.15) is 0 Å². The van der Waals surface area contributed by atoms with Crippen LogP contribution in [-0.2, 0) is 0 Å². The van der Waals surface area contributed by atoms with Crippen LogP contribution in [0.3, 0.4) is 0 Å². The quantitative estimate of drug-likeness (QED) is 0.509. The molecule has 0 radical (unpaired) electrons. The number of hydrogen-bond donors (Lipinski definition) is 1. The van der Waals surface area contributed by atoms with E-state index < -0.39 is 0 Å². The van der Waals surface area contributed by atoms with Gasteiger partial charge in [-0.25, -0.2) is 0 Å². The third-order valence-electron chi connectivity index (χ3n) is 4.73. The molecule has 3 atom stereocenters. The zero-order chi connectivity index (χ0) is 14.4. The molecule has 0 aromatic heterocycles. The monoisotopic (exact) mass is 387 g/mol. The maximum atomic E-state index is 3.80. The normalized spacial score (nSPS) is 26.1. The second kappa shape index (κ2) is 5.16. The standard InChI is InChI=1S/C19H18IN/c1-12-4-2-5-13(10-12)19-16-7-3-6-15(16)17-11-14(20)8-9-18(17)21-19/h2-6,8-11,15-16,19,21H,7H2,1H3. The molecule has 0 amide bonds. The molecule has 0 spiro atoms. The van der Waals surface area contributed by atoms with Crippen molar-refractivity contribution in [1.82, 2.24) is 0 Å². The van der Waals surface area contributed by atoms with E-state index in [0.29, 0.717) is 17.9 Å².